The molecule has 0 aliphatic heterocycles. The maximum absolute atomic E-state index is 11.7. The van der Waals surface area contributed by atoms with Gasteiger partial charge in [0, 0.05) is 22.6 Å². The predicted octanol–water partition coefficient (Wildman–Crippen LogP) is 3.66. The van der Waals surface area contributed by atoms with Crippen LogP contribution in [0.5, 0.6) is 0 Å². The van der Waals surface area contributed by atoms with Crippen LogP contribution in [0.2, 0.25) is 0 Å². The maximum atomic E-state index is 11.7. The van der Waals surface area contributed by atoms with Gasteiger partial charge in [-0.25, -0.2) is 15.4 Å². The molecule has 0 saturated heterocycles. The lowest BCUT2D eigenvalue weighted by Gasteiger charge is -2.13. The molecule has 1 amide bonds. The summed E-state index contributed by atoms with van der Waals surface area (Å²) >= 11 is 1.64. The Morgan fingerprint density at radius 1 is 1.22 bits per heavy atom. The molecule has 3 aromatic heterocycles. The molecule has 6 nitrogen and oxygen atoms in total. The maximum Gasteiger partial charge on any atom is 0.274 e. The van der Waals surface area contributed by atoms with E-state index < -0.39 is 5.91 Å². The molecule has 4 aromatic rings. The van der Waals surface area contributed by atoms with E-state index in [0.717, 1.165) is 40.4 Å². The van der Waals surface area contributed by atoms with Crippen LogP contribution in [0.25, 0.3) is 17.0 Å². The van der Waals surface area contributed by atoms with E-state index in [1.165, 1.54) is 0 Å². The molecule has 27 heavy (non-hydrogen) atoms. The lowest BCUT2D eigenvalue weighted by molar-refractivity contribution is 0.0706. The number of hydroxylamine groups is 1. The van der Waals surface area contributed by atoms with Gasteiger partial charge in [-0.15, -0.1) is 11.3 Å². The molecule has 0 atom stereocenters. The van der Waals surface area contributed by atoms with Gasteiger partial charge in [0.2, 0.25) is 0 Å². The number of fused-ring (bicyclic) bond motifs is 1. The average molecular weight is 376 g/mol. The first-order valence-corrected chi connectivity index (χ1v) is 9.53. The fraction of sp³-hybridized carbons (Fsp3) is 0.150. The van der Waals surface area contributed by atoms with Crippen molar-refractivity contribution in [2.45, 2.75) is 18.3 Å². The number of pyridine rings is 1. The number of rotatable bonds is 4. The molecule has 7 heteroatoms. The number of benzene rings is 1. The highest BCUT2D eigenvalue weighted by Gasteiger charge is 2.48. The largest absolute Gasteiger partial charge is 0.298 e. The lowest BCUT2D eigenvalue weighted by atomic mass is 9.95. The number of hydrogen-bond donors (Lipinski definition) is 2. The zero-order valence-corrected chi connectivity index (χ0v) is 15.1. The van der Waals surface area contributed by atoms with Crippen LogP contribution in [0, 0.1) is 0 Å². The molecular formula is C20H16N4O2S. The Balaban J connectivity index is 1.54. The summed E-state index contributed by atoms with van der Waals surface area (Å²) in [6.07, 6.45) is 5.83. The number of nitrogens with one attached hydrogen (secondary N) is 1. The lowest BCUT2D eigenvalue weighted by Crippen LogP contribution is -2.19. The van der Waals surface area contributed by atoms with Gasteiger partial charge in [-0.2, -0.15) is 0 Å². The third-order valence-corrected chi connectivity index (χ3v) is 6.17. The zero-order valence-electron chi connectivity index (χ0n) is 14.3. The van der Waals surface area contributed by atoms with Gasteiger partial charge in [0.05, 0.1) is 17.6 Å². The molecule has 0 spiro atoms. The van der Waals surface area contributed by atoms with Crippen molar-refractivity contribution in [2.75, 3.05) is 0 Å². The molecular weight excluding hydrogens is 360 g/mol. The average Bonchev–Trinajstić information content (AvgIpc) is 3.18. The quantitative estimate of drug-likeness (QED) is 0.421. The molecule has 0 unspecified atom stereocenters. The van der Waals surface area contributed by atoms with Gasteiger partial charge >= 0.3 is 0 Å². The molecule has 2 N–H and O–H groups in total. The SMILES string of the molecule is O=C(NO)c1cccc(C2(c3nc(-c4cnc5ccccn45)cs3)CC2)c1. The van der Waals surface area contributed by atoms with Crippen molar-refractivity contribution in [2.24, 2.45) is 0 Å². The van der Waals surface area contributed by atoms with Crippen LogP contribution in [0.3, 0.4) is 0 Å². The van der Waals surface area contributed by atoms with Crippen molar-refractivity contribution >= 4 is 22.9 Å². The number of carbonyl (C=O) groups excluding carboxylic acids is 1. The molecule has 1 fully saturated rings. The van der Waals surface area contributed by atoms with Crippen molar-refractivity contribution in [3.05, 3.63) is 76.4 Å². The number of thiazole rings is 1. The molecule has 1 aliphatic carbocycles. The van der Waals surface area contributed by atoms with E-state index in [4.69, 9.17) is 10.2 Å². The predicted molar refractivity (Wildman–Crippen MR) is 102 cm³/mol. The number of nitrogens with zero attached hydrogens (tertiary/aromatic N) is 3. The molecule has 0 bridgehead atoms. The molecule has 1 saturated carbocycles. The first-order chi connectivity index (χ1) is 13.2. The smallest absolute Gasteiger partial charge is 0.274 e. The number of imidazole rings is 1. The van der Waals surface area contributed by atoms with Crippen LogP contribution in [-0.4, -0.2) is 25.5 Å². The van der Waals surface area contributed by atoms with Gasteiger partial charge in [0.25, 0.3) is 5.91 Å². The molecule has 134 valence electrons. The van der Waals surface area contributed by atoms with E-state index in [9.17, 15) is 4.79 Å². The number of hydrogen-bond acceptors (Lipinski definition) is 5. The van der Waals surface area contributed by atoms with Crippen molar-refractivity contribution in [3.63, 3.8) is 0 Å². The Bertz CT molecular complexity index is 1160. The summed E-state index contributed by atoms with van der Waals surface area (Å²) in [5, 5.41) is 12.0. The van der Waals surface area contributed by atoms with Crippen molar-refractivity contribution in [1.82, 2.24) is 19.8 Å². The van der Waals surface area contributed by atoms with Crippen LogP contribution in [0.15, 0.2) is 60.2 Å². The number of carbonyl (C=O) groups is 1. The van der Waals surface area contributed by atoms with Gasteiger partial charge in [0.15, 0.2) is 0 Å². The summed E-state index contributed by atoms with van der Waals surface area (Å²) in [7, 11) is 0. The van der Waals surface area contributed by atoms with Crippen molar-refractivity contribution in [1.29, 1.82) is 0 Å². The Hall–Kier alpha value is -3.03. The monoisotopic (exact) mass is 376 g/mol. The van der Waals surface area contributed by atoms with E-state index in [0.29, 0.717) is 5.56 Å². The highest BCUT2D eigenvalue weighted by atomic mass is 32.1. The fourth-order valence-corrected chi connectivity index (χ4v) is 4.60. The zero-order chi connectivity index (χ0) is 18.4. The number of aromatic nitrogens is 3. The van der Waals surface area contributed by atoms with E-state index >= 15 is 0 Å². The van der Waals surface area contributed by atoms with Gasteiger partial charge in [-0.1, -0.05) is 18.2 Å². The highest BCUT2D eigenvalue weighted by Crippen LogP contribution is 2.54. The van der Waals surface area contributed by atoms with E-state index in [1.807, 2.05) is 53.2 Å². The molecule has 1 aromatic carbocycles. The second-order valence-electron chi connectivity index (χ2n) is 6.71. The molecule has 5 rings (SSSR count). The van der Waals surface area contributed by atoms with Crippen LogP contribution >= 0.6 is 11.3 Å². The first-order valence-electron chi connectivity index (χ1n) is 8.65. The van der Waals surface area contributed by atoms with Crippen LogP contribution in [0.4, 0.5) is 0 Å². The minimum absolute atomic E-state index is 0.144. The summed E-state index contributed by atoms with van der Waals surface area (Å²) in [5.41, 5.74) is 5.83. The Labute approximate surface area is 159 Å². The highest BCUT2D eigenvalue weighted by molar-refractivity contribution is 7.10. The summed E-state index contributed by atoms with van der Waals surface area (Å²) in [6.45, 7) is 0. The summed E-state index contributed by atoms with van der Waals surface area (Å²) in [6, 6.07) is 13.3. The Morgan fingerprint density at radius 2 is 2.11 bits per heavy atom. The number of amides is 1. The molecule has 0 radical (unpaired) electrons. The fourth-order valence-electron chi connectivity index (χ4n) is 3.51. The normalized spacial score (nSPS) is 15.0. The van der Waals surface area contributed by atoms with Crippen molar-refractivity contribution < 1.29 is 10.0 Å². The summed E-state index contributed by atoms with van der Waals surface area (Å²) in [5.74, 6) is -0.502. The first kappa shape index (κ1) is 16.2. The Kier molecular flexibility index (Phi) is 3.60. The van der Waals surface area contributed by atoms with Crippen LogP contribution in [-0.2, 0) is 5.41 Å². The second kappa shape index (κ2) is 6.00. The summed E-state index contributed by atoms with van der Waals surface area (Å²) < 4.78 is 2.03. The standard InChI is InChI=1S/C20H16N4O2S/c25-18(23-26)13-4-3-5-14(10-13)20(7-8-20)19-22-15(12-27-19)16-11-21-17-6-1-2-9-24(16)17/h1-6,9-12,26H,7-8H2,(H,23,25). The van der Waals surface area contributed by atoms with Gasteiger partial charge in [-0.3, -0.25) is 14.4 Å². The van der Waals surface area contributed by atoms with Crippen LogP contribution < -0.4 is 5.48 Å². The molecule has 3 heterocycles. The topological polar surface area (TPSA) is 79.5 Å². The van der Waals surface area contributed by atoms with Gasteiger partial charge in [-0.05, 0) is 42.7 Å². The van der Waals surface area contributed by atoms with Gasteiger partial charge < -0.3 is 0 Å². The third kappa shape index (κ3) is 2.55. The third-order valence-electron chi connectivity index (χ3n) is 5.12. The van der Waals surface area contributed by atoms with E-state index in [-0.39, 0.29) is 5.41 Å². The van der Waals surface area contributed by atoms with E-state index in [1.54, 1.807) is 22.9 Å². The van der Waals surface area contributed by atoms with Crippen LogP contribution in [0.1, 0.15) is 33.8 Å². The van der Waals surface area contributed by atoms with Crippen molar-refractivity contribution in [3.8, 4) is 11.4 Å². The molecule has 1 aliphatic rings. The van der Waals surface area contributed by atoms with Gasteiger partial charge in [0.1, 0.15) is 10.7 Å². The Morgan fingerprint density at radius 3 is 2.93 bits per heavy atom. The minimum atomic E-state index is -0.502. The summed E-state index contributed by atoms with van der Waals surface area (Å²) in [4.78, 5) is 21.1. The second-order valence-corrected chi connectivity index (χ2v) is 7.57. The van der Waals surface area contributed by atoms with E-state index in [2.05, 4.69) is 10.4 Å². The minimum Gasteiger partial charge on any atom is -0.298 e.